The molecule has 1 rings (SSSR count). The van der Waals surface area contributed by atoms with Gasteiger partial charge in [-0.15, -0.1) is 0 Å². The smallest absolute Gasteiger partial charge is 0.260 e. The topological polar surface area (TPSA) is 90.2 Å². The minimum atomic E-state index is -3.20. The summed E-state index contributed by atoms with van der Waals surface area (Å²) < 4.78 is 21.7. The van der Waals surface area contributed by atoms with Crippen LogP contribution in [0.1, 0.15) is 5.69 Å². The Morgan fingerprint density at radius 1 is 1.57 bits per heavy atom. The fraction of sp³-hybridized carbons (Fsp3) is 0.286. The van der Waals surface area contributed by atoms with Gasteiger partial charge in [0.2, 0.25) is 0 Å². The summed E-state index contributed by atoms with van der Waals surface area (Å²) in [5, 5.41) is 10.3. The van der Waals surface area contributed by atoms with E-state index in [1.165, 1.54) is 12.3 Å². The van der Waals surface area contributed by atoms with Crippen molar-refractivity contribution < 1.29 is 13.3 Å². The molecule has 0 bridgehead atoms. The van der Waals surface area contributed by atoms with E-state index in [2.05, 4.69) is 4.98 Å². The van der Waals surface area contributed by atoms with Crippen molar-refractivity contribution in [1.82, 2.24) is 4.98 Å². The monoisotopic (exact) mass is 216 g/mol. The maximum absolute atomic E-state index is 10.9. The van der Waals surface area contributed by atoms with Gasteiger partial charge in [0.15, 0.2) is 9.84 Å². The number of rotatable bonds is 3. The van der Waals surface area contributed by atoms with Gasteiger partial charge in [-0.25, -0.2) is 8.42 Å². The fourth-order valence-corrected chi connectivity index (χ4v) is 1.62. The van der Waals surface area contributed by atoms with E-state index in [0.29, 0.717) is 0 Å². The van der Waals surface area contributed by atoms with Gasteiger partial charge in [0.05, 0.1) is 16.4 Å². The van der Waals surface area contributed by atoms with Crippen molar-refractivity contribution in [2.24, 2.45) is 0 Å². The molecule has 0 unspecified atom stereocenters. The molecule has 76 valence electrons. The van der Waals surface area contributed by atoms with Crippen LogP contribution in [0.15, 0.2) is 18.3 Å². The summed E-state index contributed by atoms with van der Waals surface area (Å²) in [6.45, 7) is 0. The lowest BCUT2D eigenvalue weighted by Crippen LogP contribution is -2.03. The minimum absolute atomic E-state index is 0.154. The lowest BCUT2D eigenvalue weighted by molar-refractivity contribution is -0.385. The van der Waals surface area contributed by atoms with Gasteiger partial charge in [0.25, 0.3) is 5.69 Å². The van der Waals surface area contributed by atoms with E-state index >= 15 is 0 Å². The SMILES string of the molecule is CS(=O)(=O)Cc1cc([N+](=O)[O-])ccn1. The van der Waals surface area contributed by atoms with Crippen molar-refractivity contribution in [2.45, 2.75) is 5.75 Å². The Morgan fingerprint density at radius 2 is 2.21 bits per heavy atom. The summed E-state index contributed by atoms with van der Waals surface area (Å²) in [6.07, 6.45) is 2.27. The summed E-state index contributed by atoms with van der Waals surface area (Å²) in [5.41, 5.74) is 0.0281. The fourth-order valence-electron chi connectivity index (χ4n) is 0.927. The summed E-state index contributed by atoms with van der Waals surface area (Å²) in [5.74, 6) is -0.283. The lowest BCUT2D eigenvalue weighted by atomic mass is 10.3. The number of nitro groups is 1. The van der Waals surface area contributed by atoms with Gasteiger partial charge in [-0.3, -0.25) is 15.1 Å². The highest BCUT2D eigenvalue weighted by molar-refractivity contribution is 7.89. The van der Waals surface area contributed by atoms with E-state index < -0.39 is 14.8 Å². The number of hydrogen-bond acceptors (Lipinski definition) is 5. The molecule has 0 aliphatic rings. The highest BCUT2D eigenvalue weighted by Gasteiger charge is 2.10. The van der Waals surface area contributed by atoms with Gasteiger partial charge < -0.3 is 0 Å². The number of nitrogens with zero attached hydrogens (tertiary/aromatic N) is 2. The molecule has 14 heavy (non-hydrogen) atoms. The van der Waals surface area contributed by atoms with Gasteiger partial charge in [0, 0.05) is 24.6 Å². The summed E-state index contributed by atoms with van der Waals surface area (Å²) >= 11 is 0. The summed E-state index contributed by atoms with van der Waals surface area (Å²) in [7, 11) is -3.20. The van der Waals surface area contributed by atoms with Gasteiger partial charge in [-0.1, -0.05) is 0 Å². The van der Waals surface area contributed by atoms with Crippen LogP contribution in [-0.2, 0) is 15.6 Å². The number of pyridine rings is 1. The van der Waals surface area contributed by atoms with Crippen LogP contribution in [0.4, 0.5) is 5.69 Å². The molecule has 0 aliphatic heterocycles. The first-order valence-electron chi connectivity index (χ1n) is 3.65. The van der Waals surface area contributed by atoms with Gasteiger partial charge in [-0.2, -0.15) is 0 Å². The largest absolute Gasteiger partial charge is 0.272 e. The second kappa shape index (κ2) is 3.70. The highest BCUT2D eigenvalue weighted by atomic mass is 32.2. The van der Waals surface area contributed by atoms with Crippen molar-refractivity contribution in [1.29, 1.82) is 0 Å². The van der Waals surface area contributed by atoms with Crippen LogP contribution in [-0.4, -0.2) is 24.6 Å². The van der Waals surface area contributed by atoms with Crippen LogP contribution in [0.3, 0.4) is 0 Å². The number of sulfone groups is 1. The van der Waals surface area contributed by atoms with Crippen LogP contribution in [0, 0.1) is 10.1 Å². The molecule has 0 N–H and O–H groups in total. The average molecular weight is 216 g/mol. The molecule has 0 radical (unpaired) electrons. The van der Waals surface area contributed by atoms with Crippen molar-refractivity contribution >= 4 is 15.5 Å². The molecule has 7 heteroatoms. The number of aromatic nitrogens is 1. The first kappa shape index (κ1) is 10.6. The van der Waals surface area contributed by atoms with Gasteiger partial charge in [0.1, 0.15) is 0 Å². The highest BCUT2D eigenvalue weighted by Crippen LogP contribution is 2.12. The molecular weight excluding hydrogens is 208 g/mol. The molecule has 0 amide bonds. The van der Waals surface area contributed by atoms with Crippen molar-refractivity contribution in [3.63, 3.8) is 0 Å². The second-order valence-corrected chi connectivity index (χ2v) is 4.97. The normalized spacial score (nSPS) is 11.2. The Hall–Kier alpha value is -1.50. The molecule has 1 aromatic heterocycles. The van der Waals surface area contributed by atoms with Crippen LogP contribution >= 0.6 is 0 Å². The van der Waals surface area contributed by atoms with E-state index in [1.807, 2.05) is 0 Å². The molecule has 6 nitrogen and oxygen atoms in total. The predicted molar refractivity (Wildman–Crippen MR) is 49.4 cm³/mol. The third kappa shape index (κ3) is 3.09. The maximum atomic E-state index is 10.9. The van der Waals surface area contributed by atoms with E-state index in [0.717, 1.165) is 12.3 Å². The molecule has 1 aromatic rings. The molecule has 0 atom stereocenters. The summed E-state index contributed by atoms with van der Waals surface area (Å²) in [6, 6.07) is 2.37. The Kier molecular flexibility index (Phi) is 2.80. The van der Waals surface area contributed by atoms with E-state index in [4.69, 9.17) is 0 Å². The Morgan fingerprint density at radius 3 is 2.71 bits per heavy atom. The summed E-state index contributed by atoms with van der Waals surface area (Å²) in [4.78, 5) is 13.5. The Balaban J connectivity index is 3.01. The zero-order chi connectivity index (χ0) is 10.8. The number of hydrogen-bond donors (Lipinski definition) is 0. The van der Waals surface area contributed by atoms with Gasteiger partial charge in [-0.05, 0) is 0 Å². The van der Waals surface area contributed by atoms with Crippen LogP contribution in [0.25, 0.3) is 0 Å². The van der Waals surface area contributed by atoms with E-state index in [1.54, 1.807) is 0 Å². The maximum Gasteiger partial charge on any atom is 0.272 e. The average Bonchev–Trinajstić information content (AvgIpc) is 2.01. The minimum Gasteiger partial charge on any atom is -0.260 e. The van der Waals surface area contributed by atoms with Crippen molar-refractivity contribution in [2.75, 3.05) is 6.26 Å². The molecule has 1 heterocycles. The van der Waals surface area contributed by atoms with Crippen molar-refractivity contribution in [3.05, 3.63) is 34.1 Å². The third-order valence-electron chi connectivity index (χ3n) is 1.42. The predicted octanol–water partition coefficient (Wildman–Crippen LogP) is 0.534. The zero-order valence-corrected chi connectivity index (χ0v) is 8.19. The second-order valence-electron chi connectivity index (χ2n) is 2.83. The quantitative estimate of drug-likeness (QED) is 0.543. The molecule has 0 fully saturated rings. The molecule has 0 saturated heterocycles. The van der Waals surface area contributed by atoms with Gasteiger partial charge >= 0.3 is 0 Å². The standard InChI is InChI=1S/C7H8N2O4S/c1-14(12,13)5-6-4-7(9(10)11)2-3-8-6/h2-4H,5H2,1H3. The van der Waals surface area contributed by atoms with Crippen LogP contribution in [0.5, 0.6) is 0 Å². The first-order valence-corrected chi connectivity index (χ1v) is 5.71. The molecule has 0 aliphatic carbocycles. The van der Waals surface area contributed by atoms with E-state index in [-0.39, 0.29) is 17.1 Å². The van der Waals surface area contributed by atoms with Crippen molar-refractivity contribution in [3.8, 4) is 0 Å². The molecule has 0 spiro atoms. The van der Waals surface area contributed by atoms with Crippen LogP contribution < -0.4 is 0 Å². The van der Waals surface area contributed by atoms with Crippen LogP contribution in [0.2, 0.25) is 0 Å². The molecule has 0 saturated carbocycles. The third-order valence-corrected chi connectivity index (χ3v) is 2.24. The molecule has 0 aromatic carbocycles. The Labute approximate surface area is 80.7 Å². The first-order chi connectivity index (χ1) is 6.38. The molecular formula is C7H8N2O4S. The van der Waals surface area contributed by atoms with E-state index in [9.17, 15) is 18.5 Å². The lowest BCUT2D eigenvalue weighted by Gasteiger charge is -1.97. The zero-order valence-electron chi connectivity index (χ0n) is 7.37. The Bertz CT molecular complexity index is 455.